The van der Waals surface area contributed by atoms with Crippen molar-refractivity contribution in [1.29, 1.82) is 0 Å². The molecule has 0 aromatic carbocycles. The van der Waals surface area contributed by atoms with Gasteiger partial charge >= 0.3 is 0 Å². The Morgan fingerprint density at radius 2 is 1.88 bits per heavy atom. The molecule has 0 spiro atoms. The summed E-state index contributed by atoms with van der Waals surface area (Å²) in [4.78, 5) is 0. The van der Waals surface area contributed by atoms with E-state index in [0.717, 1.165) is 25.6 Å². The highest BCUT2D eigenvalue weighted by Crippen LogP contribution is 2.37. The summed E-state index contributed by atoms with van der Waals surface area (Å²) < 4.78 is 0. The molecule has 1 saturated carbocycles. The molecule has 2 nitrogen and oxygen atoms in total. The Hall–Kier alpha value is -0.0800. The summed E-state index contributed by atoms with van der Waals surface area (Å²) in [5, 5.41) is 3.64. The van der Waals surface area contributed by atoms with Crippen LogP contribution >= 0.6 is 0 Å². The van der Waals surface area contributed by atoms with Crippen LogP contribution in [0.4, 0.5) is 0 Å². The number of hydrogen-bond donors (Lipinski definition) is 2. The monoisotopic (exact) mass is 240 g/mol. The van der Waals surface area contributed by atoms with Gasteiger partial charge in [-0.3, -0.25) is 0 Å². The van der Waals surface area contributed by atoms with E-state index in [0.29, 0.717) is 11.3 Å². The van der Waals surface area contributed by atoms with Crippen LogP contribution in [0.5, 0.6) is 0 Å². The standard InChI is InChI=1S/C15H32N2/c1-4-13(10-16)11-17-12-15(2,3)14-8-6-5-7-9-14/h13-14,17H,4-12,16H2,1-3H3. The fourth-order valence-corrected chi connectivity index (χ4v) is 3.02. The van der Waals surface area contributed by atoms with E-state index in [1.807, 2.05) is 0 Å². The van der Waals surface area contributed by atoms with Crippen LogP contribution in [0.2, 0.25) is 0 Å². The van der Waals surface area contributed by atoms with E-state index in [9.17, 15) is 0 Å². The van der Waals surface area contributed by atoms with E-state index in [1.54, 1.807) is 0 Å². The molecule has 2 heteroatoms. The summed E-state index contributed by atoms with van der Waals surface area (Å²) in [6.45, 7) is 10.1. The first-order valence-corrected chi connectivity index (χ1v) is 7.51. The van der Waals surface area contributed by atoms with E-state index in [-0.39, 0.29) is 0 Å². The summed E-state index contributed by atoms with van der Waals surface area (Å²) in [6, 6.07) is 0. The first-order chi connectivity index (χ1) is 8.10. The number of nitrogens with one attached hydrogen (secondary N) is 1. The highest BCUT2D eigenvalue weighted by molar-refractivity contribution is 4.83. The SMILES string of the molecule is CCC(CN)CNCC(C)(C)C1CCCCC1. The van der Waals surface area contributed by atoms with Crippen molar-refractivity contribution in [2.45, 2.75) is 59.3 Å². The van der Waals surface area contributed by atoms with Crippen molar-refractivity contribution in [3.8, 4) is 0 Å². The van der Waals surface area contributed by atoms with Crippen molar-refractivity contribution < 1.29 is 0 Å². The van der Waals surface area contributed by atoms with Crippen molar-refractivity contribution in [3.05, 3.63) is 0 Å². The van der Waals surface area contributed by atoms with Crippen LogP contribution in [0.3, 0.4) is 0 Å². The molecule has 0 aliphatic heterocycles. The van der Waals surface area contributed by atoms with Crippen LogP contribution in [-0.4, -0.2) is 19.6 Å². The second-order valence-electron chi connectivity index (χ2n) is 6.46. The minimum atomic E-state index is 0.452. The Kier molecular flexibility index (Phi) is 6.50. The molecule has 0 aromatic heterocycles. The van der Waals surface area contributed by atoms with Crippen LogP contribution < -0.4 is 11.1 Å². The van der Waals surface area contributed by atoms with Crippen LogP contribution in [0, 0.1) is 17.3 Å². The second kappa shape index (κ2) is 7.38. The van der Waals surface area contributed by atoms with Gasteiger partial charge in [-0.05, 0) is 43.2 Å². The molecule has 17 heavy (non-hydrogen) atoms. The van der Waals surface area contributed by atoms with Gasteiger partial charge in [-0.2, -0.15) is 0 Å². The lowest BCUT2D eigenvalue weighted by atomic mass is 9.71. The molecule has 0 aromatic rings. The Bertz CT molecular complexity index is 191. The minimum Gasteiger partial charge on any atom is -0.330 e. The first-order valence-electron chi connectivity index (χ1n) is 7.51. The zero-order chi connectivity index (χ0) is 12.7. The predicted octanol–water partition coefficient (Wildman–Crippen LogP) is 3.17. The highest BCUT2D eigenvalue weighted by atomic mass is 14.9. The van der Waals surface area contributed by atoms with Crippen molar-refractivity contribution in [1.82, 2.24) is 5.32 Å². The molecule has 1 atom stereocenters. The highest BCUT2D eigenvalue weighted by Gasteiger charge is 2.30. The lowest BCUT2D eigenvalue weighted by molar-refractivity contribution is 0.152. The van der Waals surface area contributed by atoms with Gasteiger partial charge in [0.05, 0.1) is 0 Å². The number of hydrogen-bond acceptors (Lipinski definition) is 2. The Morgan fingerprint density at radius 1 is 1.24 bits per heavy atom. The molecular formula is C15H32N2. The molecule has 0 amide bonds. The largest absolute Gasteiger partial charge is 0.330 e. The molecule has 1 rings (SSSR count). The van der Waals surface area contributed by atoms with Gasteiger partial charge in [0, 0.05) is 6.54 Å². The second-order valence-corrected chi connectivity index (χ2v) is 6.46. The molecule has 1 unspecified atom stereocenters. The summed E-state index contributed by atoms with van der Waals surface area (Å²) in [5.41, 5.74) is 6.19. The maximum atomic E-state index is 5.74. The van der Waals surface area contributed by atoms with Crippen molar-refractivity contribution in [3.63, 3.8) is 0 Å². The Balaban J connectivity index is 2.27. The van der Waals surface area contributed by atoms with E-state index in [2.05, 4.69) is 26.1 Å². The molecule has 0 saturated heterocycles. The van der Waals surface area contributed by atoms with E-state index >= 15 is 0 Å². The summed E-state index contributed by atoms with van der Waals surface area (Å²) >= 11 is 0. The zero-order valence-corrected chi connectivity index (χ0v) is 12.1. The minimum absolute atomic E-state index is 0.452. The number of rotatable bonds is 7. The van der Waals surface area contributed by atoms with Gasteiger partial charge < -0.3 is 11.1 Å². The van der Waals surface area contributed by atoms with E-state index < -0.39 is 0 Å². The molecule has 1 aliphatic rings. The first kappa shape index (κ1) is 15.0. The van der Waals surface area contributed by atoms with Crippen LogP contribution in [-0.2, 0) is 0 Å². The average molecular weight is 240 g/mol. The van der Waals surface area contributed by atoms with Gasteiger partial charge in [-0.25, -0.2) is 0 Å². The quantitative estimate of drug-likeness (QED) is 0.717. The third-order valence-corrected chi connectivity index (χ3v) is 4.63. The molecule has 0 radical (unpaired) electrons. The van der Waals surface area contributed by atoms with Crippen LogP contribution in [0.25, 0.3) is 0 Å². The number of nitrogens with two attached hydrogens (primary N) is 1. The van der Waals surface area contributed by atoms with Crippen molar-refractivity contribution in [2.75, 3.05) is 19.6 Å². The third kappa shape index (κ3) is 4.97. The van der Waals surface area contributed by atoms with E-state index in [1.165, 1.54) is 38.5 Å². The summed E-state index contributed by atoms with van der Waals surface area (Å²) in [7, 11) is 0. The van der Waals surface area contributed by atoms with Gasteiger partial charge in [0.15, 0.2) is 0 Å². The molecular weight excluding hydrogens is 208 g/mol. The fourth-order valence-electron chi connectivity index (χ4n) is 3.02. The predicted molar refractivity (Wildman–Crippen MR) is 76.1 cm³/mol. The normalized spacial score (nSPS) is 20.5. The lowest BCUT2D eigenvalue weighted by Crippen LogP contribution is -2.39. The van der Waals surface area contributed by atoms with Gasteiger partial charge in [-0.1, -0.05) is 46.5 Å². The van der Waals surface area contributed by atoms with Crippen LogP contribution in [0.15, 0.2) is 0 Å². The van der Waals surface area contributed by atoms with Crippen molar-refractivity contribution >= 4 is 0 Å². The molecule has 1 aliphatic carbocycles. The third-order valence-electron chi connectivity index (χ3n) is 4.63. The molecule has 102 valence electrons. The van der Waals surface area contributed by atoms with Crippen molar-refractivity contribution in [2.24, 2.45) is 23.0 Å². The summed E-state index contributed by atoms with van der Waals surface area (Å²) in [5.74, 6) is 1.57. The van der Waals surface area contributed by atoms with Gasteiger partial charge in [0.1, 0.15) is 0 Å². The average Bonchev–Trinajstić information content (AvgIpc) is 2.36. The molecule has 0 bridgehead atoms. The molecule has 1 fully saturated rings. The zero-order valence-electron chi connectivity index (χ0n) is 12.1. The van der Waals surface area contributed by atoms with E-state index in [4.69, 9.17) is 5.73 Å². The maximum absolute atomic E-state index is 5.74. The molecule has 0 heterocycles. The van der Waals surface area contributed by atoms with Gasteiger partial charge in [0.2, 0.25) is 0 Å². The fraction of sp³-hybridized carbons (Fsp3) is 1.00. The lowest BCUT2D eigenvalue weighted by Gasteiger charge is -2.37. The topological polar surface area (TPSA) is 38.0 Å². The van der Waals surface area contributed by atoms with Crippen LogP contribution in [0.1, 0.15) is 59.3 Å². The summed E-state index contributed by atoms with van der Waals surface area (Å²) in [6.07, 6.45) is 8.38. The smallest absolute Gasteiger partial charge is 0.000529 e. The van der Waals surface area contributed by atoms with Gasteiger partial charge in [0.25, 0.3) is 0 Å². The molecule has 3 N–H and O–H groups in total. The Morgan fingerprint density at radius 3 is 2.41 bits per heavy atom. The maximum Gasteiger partial charge on any atom is 0.000529 e. The Labute approximate surface area is 108 Å². The van der Waals surface area contributed by atoms with Gasteiger partial charge in [-0.15, -0.1) is 0 Å².